The van der Waals surface area contributed by atoms with Crippen molar-refractivity contribution in [3.05, 3.63) is 25.3 Å². The van der Waals surface area contributed by atoms with Crippen molar-refractivity contribution >= 4 is 0 Å². The predicted molar refractivity (Wildman–Crippen MR) is 57.1 cm³/mol. The molecule has 0 heterocycles. The first-order valence-corrected chi connectivity index (χ1v) is 4.82. The lowest BCUT2D eigenvalue weighted by Crippen LogP contribution is -2.37. The largest absolute Gasteiger partial charge is 0.366 e. The molecule has 0 radical (unpaired) electrons. The highest BCUT2D eigenvalue weighted by atomic mass is 16.7. The van der Waals surface area contributed by atoms with Crippen molar-refractivity contribution < 1.29 is 35.4 Å². The summed E-state index contributed by atoms with van der Waals surface area (Å²) in [6, 6.07) is 0. The van der Waals surface area contributed by atoms with Gasteiger partial charge in [0.1, 0.15) is 0 Å². The summed E-state index contributed by atoms with van der Waals surface area (Å²) in [6.07, 6.45) is -0.754. The maximum atomic E-state index is 8.75. The average Bonchev–Trinajstić information content (AvgIpc) is 2.11. The summed E-state index contributed by atoms with van der Waals surface area (Å²) in [5.41, 5.74) is 0. The first-order chi connectivity index (χ1) is 7.57. The zero-order chi connectivity index (χ0) is 13.7. The molecule has 0 bridgehead atoms. The van der Waals surface area contributed by atoms with Crippen LogP contribution in [0.4, 0.5) is 0 Å². The van der Waals surface area contributed by atoms with E-state index < -0.39 is 37.0 Å². The first-order valence-electron chi connectivity index (χ1n) is 4.82. The fourth-order valence-electron chi connectivity index (χ4n) is 1.14. The molecule has 6 N–H and O–H groups in total. The molecule has 0 aliphatic rings. The van der Waals surface area contributed by atoms with E-state index in [1.54, 1.807) is 0 Å². The maximum absolute atomic E-state index is 8.75. The minimum absolute atomic E-state index is 0.587. The predicted octanol–water partition coefficient (Wildman–Crippen LogP) is -1.85. The van der Waals surface area contributed by atoms with Crippen molar-refractivity contribution in [2.75, 3.05) is 0 Å². The van der Waals surface area contributed by atoms with Crippen LogP contribution < -0.4 is 0 Å². The van der Waals surface area contributed by atoms with E-state index in [9.17, 15) is 0 Å². The molecule has 0 spiro atoms. The second kappa shape index (κ2) is 6.22. The van der Waals surface area contributed by atoms with Gasteiger partial charge in [-0.05, 0) is 0 Å². The summed E-state index contributed by atoms with van der Waals surface area (Å²) in [6.45, 7) is 6.70. The fourth-order valence-corrected chi connectivity index (χ4v) is 1.14. The lowest BCUT2D eigenvalue weighted by atomic mass is 10.2. The van der Waals surface area contributed by atoms with Crippen molar-refractivity contribution in [3.63, 3.8) is 0 Å². The Labute approximate surface area is 98.5 Å². The van der Waals surface area contributed by atoms with Crippen LogP contribution >= 0.6 is 0 Å². The van der Waals surface area contributed by atoms with E-state index in [0.717, 1.165) is 0 Å². The molecular weight excluding hydrogens is 232 g/mol. The molecule has 7 heteroatoms. The normalized spacial score (nSPS) is 16.4. The van der Waals surface area contributed by atoms with Gasteiger partial charge in [0.05, 0.1) is 25.0 Å². The third-order valence-corrected chi connectivity index (χ3v) is 1.83. The van der Waals surface area contributed by atoms with E-state index in [-0.39, 0.29) is 0 Å². The van der Waals surface area contributed by atoms with Crippen molar-refractivity contribution in [1.82, 2.24) is 0 Å². The number of aliphatic hydroxyl groups is 6. The standard InChI is InChI=1S/C10H18O7/c1-3-7(5-9(11,12)13)17-8(4-2)6-10(14,15)16/h3-4,7-8,11-16H,1-2,5-6H2. The van der Waals surface area contributed by atoms with Crippen LogP contribution in [0.2, 0.25) is 0 Å². The smallest absolute Gasteiger partial charge is 0.278 e. The molecule has 2 atom stereocenters. The highest BCUT2D eigenvalue weighted by Gasteiger charge is 2.28. The third-order valence-electron chi connectivity index (χ3n) is 1.83. The van der Waals surface area contributed by atoms with Gasteiger partial charge in [-0.2, -0.15) is 0 Å². The molecule has 0 aliphatic heterocycles. The van der Waals surface area contributed by atoms with Crippen molar-refractivity contribution in [1.29, 1.82) is 0 Å². The van der Waals surface area contributed by atoms with Gasteiger partial charge >= 0.3 is 0 Å². The van der Waals surface area contributed by atoms with Gasteiger partial charge in [0, 0.05) is 0 Å². The number of hydrogen-bond donors (Lipinski definition) is 6. The van der Waals surface area contributed by atoms with E-state index in [1.807, 2.05) is 0 Å². The fraction of sp³-hybridized carbons (Fsp3) is 0.600. The van der Waals surface area contributed by atoms with Crippen LogP contribution in [-0.4, -0.2) is 54.8 Å². The van der Waals surface area contributed by atoms with Crippen LogP contribution in [0.5, 0.6) is 0 Å². The summed E-state index contributed by atoms with van der Waals surface area (Å²) < 4.78 is 5.10. The molecule has 17 heavy (non-hydrogen) atoms. The van der Waals surface area contributed by atoms with Crippen LogP contribution in [-0.2, 0) is 4.74 Å². The van der Waals surface area contributed by atoms with Gasteiger partial charge in [-0.1, -0.05) is 12.2 Å². The van der Waals surface area contributed by atoms with Crippen molar-refractivity contribution in [3.8, 4) is 0 Å². The van der Waals surface area contributed by atoms with Crippen molar-refractivity contribution in [2.24, 2.45) is 0 Å². The maximum Gasteiger partial charge on any atom is 0.278 e. The Bertz CT molecular complexity index is 224. The van der Waals surface area contributed by atoms with Crippen molar-refractivity contribution in [2.45, 2.75) is 37.0 Å². The Morgan fingerprint density at radius 1 is 0.824 bits per heavy atom. The van der Waals surface area contributed by atoms with Crippen LogP contribution in [0, 0.1) is 0 Å². The molecule has 0 saturated carbocycles. The van der Waals surface area contributed by atoms with Crippen LogP contribution in [0.3, 0.4) is 0 Å². The third kappa shape index (κ3) is 8.95. The van der Waals surface area contributed by atoms with Crippen LogP contribution in [0.1, 0.15) is 12.8 Å². The summed E-state index contributed by atoms with van der Waals surface area (Å²) in [4.78, 5) is 0. The Kier molecular flexibility index (Phi) is 5.93. The van der Waals surface area contributed by atoms with Crippen LogP contribution in [0.15, 0.2) is 25.3 Å². The zero-order valence-electron chi connectivity index (χ0n) is 9.23. The molecule has 0 aromatic heterocycles. The Balaban J connectivity index is 4.42. The average molecular weight is 250 g/mol. The molecule has 2 unspecified atom stereocenters. The Hall–Kier alpha value is -0.800. The molecule has 0 saturated heterocycles. The van der Waals surface area contributed by atoms with Gasteiger partial charge in [0.2, 0.25) is 0 Å². The highest BCUT2D eigenvalue weighted by Crippen LogP contribution is 2.16. The monoisotopic (exact) mass is 250 g/mol. The molecule has 0 amide bonds. The number of ether oxygens (including phenoxy) is 1. The quantitative estimate of drug-likeness (QED) is 0.220. The van der Waals surface area contributed by atoms with Gasteiger partial charge in [-0.25, -0.2) is 0 Å². The van der Waals surface area contributed by atoms with Gasteiger partial charge in [-0.15, -0.1) is 13.2 Å². The van der Waals surface area contributed by atoms with E-state index in [2.05, 4.69) is 13.2 Å². The Morgan fingerprint density at radius 2 is 1.12 bits per heavy atom. The van der Waals surface area contributed by atoms with E-state index in [1.165, 1.54) is 12.2 Å². The molecular formula is C10H18O7. The topological polar surface area (TPSA) is 131 Å². The molecule has 0 aromatic carbocycles. The number of hydrogen-bond acceptors (Lipinski definition) is 7. The molecule has 0 fully saturated rings. The van der Waals surface area contributed by atoms with Gasteiger partial charge in [0.25, 0.3) is 11.9 Å². The van der Waals surface area contributed by atoms with Crippen LogP contribution in [0.25, 0.3) is 0 Å². The molecule has 100 valence electrons. The molecule has 0 aromatic rings. The lowest BCUT2D eigenvalue weighted by Gasteiger charge is -2.26. The van der Waals surface area contributed by atoms with E-state index in [4.69, 9.17) is 35.4 Å². The SMILES string of the molecule is C=CC(CC(O)(O)O)OC(C=C)CC(O)(O)O. The van der Waals surface area contributed by atoms with Gasteiger partial charge in [0.15, 0.2) is 0 Å². The minimum Gasteiger partial charge on any atom is -0.366 e. The van der Waals surface area contributed by atoms with Gasteiger partial charge < -0.3 is 35.4 Å². The summed E-state index contributed by atoms with van der Waals surface area (Å²) in [5, 5.41) is 52.5. The number of rotatable bonds is 8. The minimum atomic E-state index is -2.93. The van der Waals surface area contributed by atoms with E-state index in [0.29, 0.717) is 0 Å². The molecule has 7 nitrogen and oxygen atoms in total. The first kappa shape index (κ1) is 16.2. The molecule has 0 aliphatic carbocycles. The summed E-state index contributed by atoms with van der Waals surface area (Å²) in [5.74, 6) is -5.86. The Morgan fingerprint density at radius 3 is 1.29 bits per heavy atom. The highest BCUT2D eigenvalue weighted by molar-refractivity contribution is 4.88. The summed E-state index contributed by atoms with van der Waals surface area (Å²) >= 11 is 0. The summed E-state index contributed by atoms with van der Waals surface area (Å²) in [7, 11) is 0. The van der Waals surface area contributed by atoms with E-state index >= 15 is 0 Å². The van der Waals surface area contributed by atoms with Gasteiger partial charge in [-0.3, -0.25) is 0 Å². The molecule has 0 rings (SSSR count). The second-order valence-corrected chi connectivity index (χ2v) is 3.64. The zero-order valence-corrected chi connectivity index (χ0v) is 9.23. The second-order valence-electron chi connectivity index (χ2n) is 3.64. The lowest BCUT2D eigenvalue weighted by molar-refractivity contribution is -0.331.